The third kappa shape index (κ3) is 5.90. The summed E-state index contributed by atoms with van der Waals surface area (Å²) in [4.78, 5) is 24.6. The van der Waals surface area contributed by atoms with Gasteiger partial charge in [-0.15, -0.1) is 23.5 Å². The van der Waals surface area contributed by atoms with E-state index in [9.17, 15) is 18.0 Å². The van der Waals surface area contributed by atoms with Crippen LogP contribution in [0.3, 0.4) is 0 Å². The number of rotatable bonds is 8. The van der Waals surface area contributed by atoms with Gasteiger partial charge in [0.2, 0.25) is 10.0 Å². The molecule has 0 amide bonds. The van der Waals surface area contributed by atoms with Crippen LogP contribution in [0.5, 0.6) is 5.75 Å². The Morgan fingerprint density at radius 2 is 1.76 bits per heavy atom. The van der Waals surface area contributed by atoms with E-state index in [-0.39, 0.29) is 18.4 Å². The first-order chi connectivity index (χ1) is 16.2. The molecule has 0 radical (unpaired) electrons. The summed E-state index contributed by atoms with van der Waals surface area (Å²) in [6.45, 7) is 1.14. The number of hydrogen-bond acceptors (Lipinski definition) is 8. The predicted molar refractivity (Wildman–Crippen MR) is 136 cm³/mol. The summed E-state index contributed by atoms with van der Waals surface area (Å²) in [7, 11) is -3.39. The third-order valence-electron chi connectivity index (χ3n) is 5.61. The summed E-state index contributed by atoms with van der Waals surface area (Å²) in [6, 6.07) is 12.4. The standard InChI is InChI=1S/C24H27NO6S3/c1-16-12-19-13-18(6-9-21(19)25(16)34(2,28)29)22(26)14-31-23(27)15-30-20-7-4-17(5-8-20)24-32-10-3-11-33-24/h4-9,13,16,24H,3,10-12,14-15H2,1-2H3/t16-/m1/s1. The third-order valence-corrected chi connectivity index (χ3v) is 9.90. The lowest BCUT2D eigenvalue weighted by Gasteiger charge is -2.21. The molecular weight excluding hydrogens is 494 g/mol. The summed E-state index contributed by atoms with van der Waals surface area (Å²) in [5.74, 6) is 1.93. The van der Waals surface area contributed by atoms with E-state index in [1.165, 1.54) is 34.1 Å². The smallest absolute Gasteiger partial charge is 0.344 e. The van der Waals surface area contributed by atoms with Crippen molar-refractivity contribution in [1.82, 2.24) is 0 Å². The number of benzene rings is 2. The first kappa shape index (κ1) is 24.9. The van der Waals surface area contributed by atoms with Crippen LogP contribution >= 0.6 is 23.5 Å². The molecule has 10 heteroatoms. The molecule has 4 rings (SSSR count). The van der Waals surface area contributed by atoms with Crippen molar-refractivity contribution in [2.75, 3.05) is 35.3 Å². The zero-order chi connectivity index (χ0) is 24.3. The molecule has 0 spiro atoms. The van der Waals surface area contributed by atoms with Crippen LogP contribution in [0.4, 0.5) is 5.69 Å². The van der Waals surface area contributed by atoms with E-state index in [0.29, 0.717) is 28.0 Å². The van der Waals surface area contributed by atoms with E-state index in [0.717, 1.165) is 5.56 Å². The van der Waals surface area contributed by atoms with Crippen LogP contribution in [-0.4, -0.2) is 57.2 Å². The number of carbonyl (C=O) groups excluding carboxylic acids is 2. The van der Waals surface area contributed by atoms with Gasteiger partial charge in [-0.3, -0.25) is 9.10 Å². The highest BCUT2D eigenvalue weighted by molar-refractivity contribution is 8.16. The van der Waals surface area contributed by atoms with Gasteiger partial charge in [-0.25, -0.2) is 13.2 Å². The highest BCUT2D eigenvalue weighted by atomic mass is 32.2. The predicted octanol–water partition coefficient (Wildman–Crippen LogP) is 4.07. The molecule has 0 aromatic heterocycles. The number of anilines is 1. The molecular formula is C24H27NO6S3. The minimum Gasteiger partial charge on any atom is -0.482 e. The molecule has 0 bridgehead atoms. The number of esters is 1. The summed E-state index contributed by atoms with van der Waals surface area (Å²) in [5, 5.41) is 0. The van der Waals surface area contributed by atoms with E-state index in [1.54, 1.807) is 18.2 Å². The van der Waals surface area contributed by atoms with Crippen molar-refractivity contribution >= 4 is 51.0 Å². The van der Waals surface area contributed by atoms with E-state index in [4.69, 9.17) is 9.47 Å². The van der Waals surface area contributed by atoms with Gasteiger partial charge in [-0.05, 0) is 72.7 Å². The quantitative estimate of drug-likeness (QED) is 0.379. The zero-order valence-corrected chi connectivity index (χ0v) is 21.5. The molecule has 1 saturated heterocycles. The molecule has 1 fully saturated rings. The maximum Gasteiger partial charge on any atom is 0.344 e. The number of hydrogen-bond donors (Lipinski definition) is 0. The molecule has 1 atom stereocenters. The Hall–Kier alpha value is -2.17. The monoisotopic (exact) mass is 521 g/mol. The van der Waals surface area contributed by atoms with Crippen LogP contribution in [0.2, 0.25) is 0 Å². The van der Waals surface area contributed by atoms with Gasteiger partial charge in [0.1, 0.15) is 5.75 Å². The van der Waals surface area contributed by atoms with Gasteiger partial charge in [-0.1, -0.05) is 12.1 Å². The molecule has 2 aliphatic rings. The second-order valence-corrected chi connectivity index (χ2v) is 12.9. The average molecular weight is 522 g/mol. The number of Topliss-reactive ketones (excluding diaryl/α,β-unsaturated/α-hetero) is 1. The van der Waals surface area contributed by atoms with Gasteiger partial charge in [0, 0.05) is 11.6 Å². The fourth-order valence-corrected chi connectivity index (χ4v) is 8.25. The maximum atomic E-state index is 12.5. The van der Waals surface area contributed by atoms with E-state index in [2.05, 4.69) is 0 Å². The number of sulfonamides is 1. The van der Waals surface area contributed by atoms with Crippen molar-refractivity contribution in [2.45, 2.75) is 30.4 Å². The van der Waals surface area contributed by atoms with Gasteiger partial charge in [0.15, 0.2) is 19.0 Å². The first-order valence-electron chi connectivity index (χ1n) is 11.0. The normalized spacial score (nSPS) is 18.4. The van der Waals surface area contributed by atoms with Crippen LogP contribution in [0.25, 0.3) is 0 Å². The lowest BCUT2D eigenvalue weighted by molar-refractivity contribution is -0.144. The topological polar surface area (TPSA) is 90.0 Å². The molecule has 0 N–H and O–H groups in total. The Morgan fingerprint density at radius 1 is 1.06 bits per heavy atom. The largest absolute Gasteiger partial charge is 0.482 e. The molecule has 7 nitrogen and oxygen atoms in total. The molecule has 2 aromatic rings. The van der Waals surface area contributed by atoms with Gasteiger partial charge >= 0.3 is 5.97 Å². The van der Waals surface area contributed by atoms with E-state index in [1.807, 2.05) is 54.7 Å². The molecule has 0 unspecified atom stereocenters. The Morgan fingerprint density at radius 3 is 2.44 bits per heavy atom. The number of thioether (sulfide) groups is 2. The molecule has 2 aromatic carbocycles. The minimum atomic E-state index is -3.39. The minimum absolute atomic E-state index is 0.209. The summed E-state index contributed by atoms with van der Waals surface area (Å²) >= 11 is 3.88. The number of ether oxygens (including phenoxy) is 2. The lowest BCUT2D eigenvalue weighted by atomic mass is 10.0. The van der Waals surface area contributed by atoms with Gasteiger partial charge in [-0.2, -0.15) is 0 Å². The zero-order valence-electron chi connectivity index (χ0n) is 19.1. The Balaban J connectivity index is 1.27. The summed E-state index contributed by atoms with van der Waals surface area (Å²) < 4.78 is 36.5. The van der Waals surface area contributed by atoms with Crippen LogP contribution in [-0.2, 0) is 26.0 Å². The van der Waals surface area contributed by atoms with Crippen LogP contribution in [0.15, 0.2) is 42.5 Å². The molecule has 182 valence electrons. The fraction of sp³-hybridized carbons (Fsp3) is 0.417. The molecule has 0 aliphatic carbocycles. The second kappa shape index (κ2) is 10.6. The lowest BCUT2D eigenvalue weighted by Crippen LogP contribution is -2.34. The fourth-order valence-electron chi connectivity index (χ4n) is 4.10. The first-order valence-corrected chi connectivity index (χ1v) is 14.9. The SMILES string of the molecule is C[C@@H]1Cc2cc(C(=O)COC(=O)COc3ccc(C4SCCCS4)cc3)ccc2N1S(C)(=O)=O. The summed E-state index contributed by atoms with van der Waals surface area (Å²) in [5.41, 5.74) is 2.98. The van der Waals surface area contributed by atoms with Crippen molar-refractivity contribution in [3.63, 3.8) is 0 Å². The van der Waals surface area contributed by atoms with Gasteiger partial charge < -0.3 is 9.47 Å². The number of nitrogens with zero attached hydrogens (tertiary/aromatic N) is 1. The van der Waals surface area contributed by atoms with Crippen molar-refractivity contribution < 1.29 is 27.5 Å². The maximum absolute atomic E-state index is 12.5. The Labute approximate surface area is 208 Å². The van der Waals surface area contributed by atoms with Crippen molar-refractivity contribution in [1.29, 1.82) is 0 Å². The van der Waals surface area contributed by atoms with Crippen molar-refractivity contribution in [2.24, 2.45) is 0 Å². The number of carbonyl (C=O) groups is 2. The molecule has 2 aliphatic heterocycles. The highest BCUT2D eigenvalue weighted by Gasteiger charge is 2.32. The number of fused-ring (bicyclic) bond motifs is 1. The van der Waals surface area contributed by atoms with Crippen molar-refractivity contribution in [3.05, 3.63) is 59.2 Å². The molecule has 34 heavy (non-hydrogen) atoms. The van der Waals surface area contributed by atoms with Crippen LogP contribution in [0.1, 0.15) is 39.4 Å². The van der Waals surface area contributed by atoms with E-state index < -0.39 is 22.6 Å². The van der Waals surface area contributed by atoms with Gasteiger partial charge in [0.05, 0.1) is 16.5 Å². The summed E-state index contributed by atoms with van der Waals surface area (Å²) in [6.07, 6.45) is 2.93. The molecule has 2 heterocycles. The second-order valence-electron chi connectivity index (χ2n) is 8.32. The van der Waals surface area contributed by atoms with Gasteiger partial charge in [0.25, 0.3) is 0 Å². The highest BCUT2D eigenvalue weighted by Crippen LogP contribution is 2.43. The van der Waals surface area contributed by atoms with Crippen molar-refractivity contribution in [3.8, 4) is 5.75 Å². The van der Waals surface area contributed by atoms with Crippen LogP contribution in [0, 0.1) is 0 Å². The van der Waals surface area contributed by atoms with Crippen LogP contribution < -0.4 is 9.04 Å². The number of ketones is 1. The average Bonchev–Trinajstić information content (AvgIpc) is 3.17. The Kier molecular flexibility index (Phi) is 7.79. The Bertz CT molecular complexity index is 1160. The van der Waals surface area contributed by atoms with E-state index >= 15 is 0 Å². The molecule has 0 saturated carbocycles.